The van der Waals surface area contributed by atoms with Crippen molar-refractivity contribution in [3.8, 4) is 0 Å². The zero-order chi connectivity index (χ0) is 19.3. The van der Waals surface area contributed by atoms with Crippen molar-refractivity contribution in [3.05, 3.63) is 64.4 Å². The summed E-state index contributed by atoms with van der Waals surface area (Å²) in [6.45, 7) is 1.21. The fraction of sp³-hybridized carbons (Fsp3) is 0.176. The van der Waals surface area contributed by atoms with Crippen molar-refractivity contribution in [3.63, 3.8) is 0 Å². The minimum Gasteiger partial charge on any atom is -0.271 e. The highest BCUT2D eigenvalue weighted by molar-refractivity contribution is 7.92. The molecule has 1 N–H and O–H groups in total. The van der Waals surface area contributed by atoms with E-state index < -0.39 is 22.5 Å². The summed E-state index contributed by atoms with van der Waals surface area (Å²) in [4.78, 5) is 12.1. The number of nitrogens with zero attached hydrogens (tertiary/aromatic N) is 2. The lowest BCUT2D eigenvalue weighted by Crippen LogP contribution is -2.39. The number of hydrogen-bond donors (Lipinski definition) is 1. The molecule has 0 fully saturated rings. The SMILES string of the molecule is Cc1c(Cl)cccc1N(CC(=O)N/N=C\c1ccc(F)cc1)S(C)(=O)=O. The molecule has 0 aromatic heterocycles. The molecule has 0 spiro atoms. The first kappa shape index (κ1) is 19.9. The molecule has 0 unspecified atom stereocenters. The maximum absolute atomic E-state index is 12.8. The summed E-state index contributed by atoms with van der Waals surface area (Å²) in [5.41, 5.74) is 3.69. The third kappa shape index (κ3) is 5.27. The van der Waals surface area contributed by atoms with E-state index >= 15 is 0 Å². The molecule has 2 rings (SSSR count). The maximum Gasteiger partial charge on any atom is 0.260 e. The van der Waals surface area contributed by atoms with Crippen LogP contribution in [0.25, 0.3) is 0 Å². The molecular formula is C17H17ClFN3O3S. The summed E-state index contributed by atoms with van der Waals surface area (Å²) in [6.07, 6.45) is 2.33. The lowest BCUT2D eigenvalue weighted by atomic mass is 10.2. The molecule has 9 heteroatoms. The van der Waals surface area contributed by atoms with Crippen LogP contribution in [-0.2, 0) is 14.8 Å². The first-order valence-electron chi connectivity index (χ1n) is 7.49. The molecule has 0 saturated carbocycles. The van der Waals surface area contributed by atoms with Gasteiger partial charge in [-0.15, -0.1) is 0 Å². The van der Waals surface area contributed by atoms with Crippen LogP contribution >= 0.6 is 11.6 Å². The molecule has 138 valence electrons. The number of halogens is 2. The van der Waals surface area contributed by atoms with Crippen LogP contribution in [0.5, 0.6) is 0 Å². The van der Waals surface area contributed by atoms with Gasteiger partial charge in [-0.2, -0.15) is 5.10 Å². The smallest absolute Gasteiger partial charge is 0.260 e. The Morgan fingerprint density at radius 2 is 1.92 bits per heavy atom. The molecule has 0 aliphatic carbocycles. The average Bonchev–Trinajstić information content (AvgIpc) is 2.56. The van der Waals surface area contributed by atoms with Gasteiger partial charge in [-0.05, 0) is 42.3 Å². The van der Waals surface area contributed by atoms with Crippen molar-refractivity contribution in [1.29, 1.82) is 0 Å². The first-order valence-corrected chi connectivity index (χ1v) is 9.71. The van der Waals surface area contributed by atoms with Crippen molar-refractivity contribution in [2.45, 2.75) is 6.92 Å². The number of anilines is 1. The molecule has 1 amide bonds. The van der Waals surface area contributed by atoms with Crippen molar-refractivity contribution in [1.82, 2.24) is 5.43 Å². The predicted octanol–water partition coefficient (Wildman–Crippen LogP) is 2.70. The van der Waals surface area contributed by atoms with Crippen LogP contribution in [0, 0.1) is 12.7 Å². The second kappa shape index (κ2) is 8.29. The summed E-state index contributed by atoms with van der Waals surface area (Å²) in [5, 5.41) is 4.14. The van der Waals surface area contributed by atoms with Gasteiger partial charge in [-0.1, -0.05) is 29.8 Å². The van der Waals surface area contributed by atoms with E-state index in [2.05, 4.69) is 10.5 Å². The molecule has 0 atom stereocenters. The van der Waals surface area contributed by atoms with Crippen molar-refractivity contribution >= 4 is 39.4 Å². The van der Waals surface area contributed by atoms with E-state index in [1.807, 2.05) is 0 Å². The molecule has 2 aromatic rings. The van der Waals surface area contributed by atoms with Gasteiger partial charge in [0.15, 0.2) is 0 Å². The van der Waals surface area contributed by atoms with Crippen molar-refractivity contribution in [2.75, 3.05) is 17.1 Å². The van der Waals surface area contributed by atoms with Gasteiger partial charge in [0.1, 0.15) is 12.4 Å². The third-order valence-corrected chi connectivity index (χ3v) is 5.00. The largest absolute Gasteiger partial charge is 0.271 e. The van der Waals surface area contributed by atoms with E-state index in [1.54, 1.807) is 25.1 Å². The third-order valence-electron chi connectivity index (χ3n) is 3.47. The standard InChI is InChI=1S/C17H17ClFN3O3S/c1-12-15(18)4-3-5-16(12)22(26(2,24)25)11-17(23)21-20-10-13-6-8-14(19)9-7-13/h3-10H,11H2,1-2H3,(H,21,23)/b20-10-. The van der Waals surface area contributed by atoms with Gasteiger partial charge in [0, 0.05) is 5.02 Å². The number of benzene rings is 2. The van der Waals surface area contributed by atoms with E-state index in [9.17, 15) is 17.6 Å². The summed E-state index contributed by atoms with van der Waals surface area (Å²) < 4.78 is 38.0. The summed E-state index contributed by atoms with van der Waals surface area (Å²) in [6, 6.07) is 10.3. The highest BCUT2D eigenvalue weighted by Crippen LogP contribution is 2.27. The average molecular weight is 398 g/mol. The van der Waals surface area contributed by atoms with Gasteiger partial charge in [-0.25, -0.2) is 18.2 Å². The minimum absolute atomic E-state index is 0.317. The van der Waals surface area contributed by atoms with E-state index in [0.717, 1.165) is 10.6 Å². The fourth-order valence-corrected chi connectivity index (χ4v) is 3.22. The second-order valence-electron chi connectivity index (χ2n) is 5.50. The molecular weight excluding hydrogens is 381 g/mol. The number of carbonyl (C=O) groups excluding carboxylic acids is 1. The summed E-state index contributed by atoms with van der Waals surface area (Å²) in [5.74, 6) is -1.01. The highest BCUT2D eigenvalue weighted by atomic mass is 35.5. The molecule has 6 nitrogen and oxygen atoms in total. The quantitative estimate of drug-likeness (QED) is 0.601. The Morgan fingerprint density at radius 1 is 1.27 bits per heavy atom. The Bertz CT molecular complexity index is 931. The van der Waals surface area contributed by atoms with E-state index in [1.165, 1.54) is 30.5 Å². The molecule has 0 heterocycles. The topological polar surface area (TPSA) is 78.8 Å². The molecule has 0 bridgehead atoms. The van der Waals surface area contributed by atoms with Crippen LogP contribution in [0.3, 0.4) is 0 Å². The van der Waals surface area contributed by atoms with E-state index in [0.29, 0.717) is 21.8 Å². The van der Waals surface area contributed by atoms with Gasteiger partial charge in [0.2, 0.25) is 10.0 Å². The van der Waals surface area contributed by atoms with Crippen LogP contribution in [0.2, 0.25) is 5.02 Å². The summed E-state index contributed by atoms with van der Waals surface area (Å²) >= 11 is 6.03. The Balaban J connectivity index is 2.12. The maximum atomic E-state index is 12.8. The second-order valence-corrected chi connectivity index (χ2v) is 7.81. The first-order chi connectivity index (χ1) is 12.2. The number of nitrogens with one attached hydrogen (secondary N) is 1. The summed E-state index contributed by atoms with van der Waals surface area (Å²) in [7, 11) is -3.71. The number of hydrogen-bond acceptors (Lipinski definition) is 4. The van der Waals surface area contributed by atoms with E-state index in [4.69, 9.17) is 11.6 Å². The van der Waals surface area contributed by atoms with Crippen LogP contribution in [0.4, 0.5) is 10.1 Å². The molecule has 0 aliphatic rings. The normalized spacial score (nSPS) is 11.5. The van der Waals surface area contributed by atoms with Gasteiger partial charge in [-0.3, -0.25) is 9.10 Å². The Hall–Kier alpha value is -2.45. The zero-order valence-electron chi connectivity index (χ0n) is 14.1. The minimum atomic E-state index is -3.71. The number of sulfonamides is 1. The molecule has 2 aromatic carbocycles. The van der Waals surface area contributed by atoms with Gasteiger partial charge < -0.3 is 0 Å². The molecule has 0 aliphatic heterocycles. The van der Waals surface area contributed by atoms with Crippen LogP contribution in [0.15, 0.2) is 47.6 Å². The molecule has 0 radical (unpaired) electrons. The Labute approximate surface area is 156 Å². The van der Waals surface area contributed by atoms with Gasteiger partial charge in [0.25, 0.3) is 5.91 Å². The van der Waals surface area contributed by atoms with Crippen LogP contribution in [-0.4, -0.2) is 33.3 Å². The molecule has 26 heavy (non-hydrogen) atoms. The van der Waals surface area contributed by atoms with Crippen LogP contribution < -0.4 is 9.73 Å². The number of amides is 1. The number of rotatable bonds is 6. The Morgan fingerprint density at radius 3 is 2.54 bits per heavy atom. The van der Waals surface area contributed by atoms with E-state index in [-0.39, 0.29) is 5.82 Å². The number of hydrazone groups is 1. The zero-order valence-corrected chi connectivity index (χ0v) is 15.7. The highest BCUT2D eigenvalue weighted by Gasteiger charge is 2.22. The lowest BCUT2D eigenvalue weighted by molar-refractivity contribution is -0.119. The van der Waals surface area contributed by atoms with Crippen molar-refractivity contribution in [2.24, 2.45) is 5.10 Å². The van der Waals surface area contributed by atoms with Gasteiger partial charge >= 0.3 is 0 Å². The van der Waals surface area contributed by atoms with Gasteiger partial charge in [0.05, 0.1) is 18.2 Å². The molecule has 0 saturated heterocycles. The lowest BCUT2D eigenvalue weighted by Gasteiger charge is -2.23. The predicted molar refractivity (Wildman–Crippen MR) is 101 cm³/mol. The van der Waals surface area contributed by atoms with Crippen molar-refractivity contribution < 1.29 is 17.6 Å². The number of carbonyl (C=O) groups is 1. The van der Waals surface area contributed by atoms with Crippen LogP contribution in [0.1, 0.15) is 11.1 Å². The fourth-order valence-electron chi connectivity index (χ4n) is 2.14. The monoisotopic (exact) mass is 397 g/mol. The Kier molecular flexibility index (Phi) is 6.33.